The first-order valence-corrected chi connectivity index (χ1v) is 9.97. The van der Waals surface area contributed by atoms with Crippen LogP contribution in [-0.2, 0) is 21.0 Å². The van der Waals surface area contributed by atoms with Crippen LogP contribution in [0.4, 0.5) is 24.5 Å². The van der Waals surface area contributed by atoms with Crippen molar-refractivity contribution in [3.63, 3.8) is 0 Å². The van der Waals surface area contributed by atoms with Crippen molar-refractivity contribution < 1.29 is 35.9 Å². The Morgan fingerprint density at radius 3 is 2.17 bits per heavy atom. The Hall–Kier alpha value is -2.95. The zero-order valence-electron chi connectivity index (χ0n) is 15.8. The quantitative estimate of drug-likeness (QED) is 0.727. The number of nitrogens with one attached hydrogen (secondary N) is 1. The van der Waals surface area contributed by atoms with Crippen LogP contribution >= 0.6 is 0 Å². The van der Waals surface area contributed by atoms with E-state index in [9.17, 15) is 26.4 Å². The molecule has 2 aromatic rings. The molecule has 11 heteroatoms. The SMILES string of the molecule is COc1ccc(OC)c(NC(=O)CN(c2ccc(C(F)(F)F)cc2)S(C)(=O)=O)c1. The van der Waals surface area contributed by atoms with E-state index in [1.165, 1.54) is 20.3 Å². The number of hydrogen-bond acceptors (Lipinski definition) is 5. The summed E-state index contributed by atoms with van der Waals surface area (Å²) in [4.78, 5) is 12.4. The fraction of sp³-hybridized carbons (Fsp3) is 0.278. The average molecular weight is 432 g/mol. The van der Waals surface area contributed by atoms with E-state index in [1.807, 2.05) is 0 Å². The van der Waals surface area contributed by atoms with E-state index in [2.05, 4.69) is 5.32 Å². The lowest BCUT2D eigenvalue weighted by Gasteiger charge is -2.22. The topological polar surface area (TPSA) is 84.9 Å². The lowest BCUT2D eigenvalue weighted by atomic mass is 10.2. The summed E-state index contributed by atoms with van der Waals surface area (Å²) in [5.41, 5.74) is -0.758. The Labute approximate surface area is 166 Å². The van der Waals surface area contributed by atoms with Gasteiger partial charge in [0.25, 0.3) is 0 Å². The van der Waals surface area contributed by atoms with Crippen molar-refractivity contribution >= 4 is 27.3 Å². The summed E-state index contributed by atoms with van der Waals surface area (Å²) in [5.74, 6) is 0.0327. The average Bonchev–Trinajstić information content (AvgIpc) is 2.64. The van der Waals surface area contributed by atoms with Crippen LogP contribution in [0.1, 0.15) is 5.56 Å². The number of methoxy groups -OCH3 is 2. The van der Waals surface area contributed by atoms with Crippen molar-refractivity contribution in [3.8, 4) is 11.5 Å². The highest BCUT2D eigenvalue weighted by molar-refractivity contribution is 7.92. The van der Waals surface area contributed by atoms with Gasteiger partial charge in [-0.3, -0.25) is 9.10 Å². The molecule has 0 saturated heterocycles. The lowest BCUT2D eigenvalue weighted by molar-refractivity contribution is -0.137. The van der Waals surface area contributed by atoms with Gasteiger partial charge < -0.3 is 14.8 Å². The van der Waals surface area contributed by atoms with Gasteiger partial charge in [-0.05, 0) is 36.4 Å². The molecule has 0 aromatic heterocycles. The first-order chi connectivity index (χ1) is 13.5. The molecule has 0 fully saturated rings. The first kappa shape index (κ1) is 22.3. The van der Waals surface area contributed by atoms with E-state index in [0.29, 0.717) is 15.8 Å². The van der Waals surface area contributed by atoms with E-state index in [-0.39, 0.29) is 11.4 Å². The molecule has 0 atom stereocenters. The van der Waals surface area contributed by atoms with Crippen molar-refractivity contribution in [2.45, 2.75) is 6.18 Å². The van der Waals surface area contributed by atoms with Crippen LogP contribution in [0.25, 0.3) is 0 Å². The van der Waals surface area contributed by atoms with Crippen molar-refractivity contribution in [2.75, 3.05) is 36.6 Å². The van der Waals surface area contributed by atoms with Crippen molar-refractivity contribution in [1.29, 1.82) is 0 Å². The predicted molar refractivity (Wildman–Crippen MR) is 102 cm³/mol. The van der Waals surface area contributed by atoms with Gasteiger partial charge in [0.2, 0.25) is 15.9 Å². The van der Waals surface area contributed by atoms with Crippen molar-refractivity contribution in [3.05, 3.63) is 48.0 Å². The van der Waals surface area contributed by atoms with Crippen LogP contribution in [0.5, 0.6) is 11.5 Å². The van der Waals surface area contributed by atoms with E-state index in [0.717, 1.165) is 30.5 Å². The summed E-state index contributed by atoms with van der Waals surface area (Å²) in [6, 6.07) is 8.12. The van der Waals surface area contributed by atoms with Crippen molar-refractivity contribution in [1.82, 2.24) is 0 Å². The van der Waals surface area contributed by atoms with Crippen LogP contribution in [-0.4, -0.2) is 41.3 Å². The number of halogens is 3. The number of sulfonamides is 1. The summed E-state index contributed by atoms with van der Waals surface area (Å²) >= 11 is 0. The fourth-order valence-corrected chi connectivity index (χ4v) is 3.31. The molecule has 0 unspecified atom stereocenters. The standard InChI is InChI=1S/C18H19F3N2O5S/c1-27-14-8-9-16(28-2)15(10-14)22-17(24)11-23(29(3,25)26)13-6-4-12(5-7-13)18(19,20)21/h4-10H,11H2,1-3H3,(H,22,24). The molecule has 1 N–H and O–H groups in total. The van der Waals surface area contributed by atoms with E-state index >= 15 is 0 Å². The van der Waals surface area contributed by atoms with Gasteiger partial charge in [0.05, 0.1) is 37.4 Å². The van der Waals surface area contributed by atoms with Crippen LogP contribution in [0, 0.1) is 0 Å². The second kappa shape index (κ2) is 8.60. The third kappa shape index (κ3) is 5.76. The summed E-state index contributed by atoms with van der Waals surface area (Å²) in [6.07, 6.45) is -3.71. The van der Waals surface area contributed by atoms with Crippen molar-refractivity contribution in [2.24, 2.45) is 0 Å². The molecule has 0 heterocycles. The molecule has 2 rings (SSSR count). The molecular formula is C18H19F3N2O5S. The molecule has 0 bridgehead atoms. The first-order valence-electron chi connectivity index (χ1n) is 8.12. The van der Waals surface area contributed by atoms with Gasteiger partial charge in [-0.2, -0.15) is 13.2 Å². The van der Waals surface area contributed by atoms with Gasteiger partial charge in [-0.1, -0.05) is 0 Å². The molecule has 2 aromatic carbocycles. The Kier molecular flexibility index (Phi) is 6.62. The number of ether oxygens (including phenoxy) is 2. The zero-order chi connectivity index (χ0) is 21.8. The normalized spacial score (nSPS) is 11.7. The molecule has 7 nitrogen and oxygen atoms in total. The number of anilines is 2. The molecule has 0 aliphatic rings. The summed E-state index contributed by atoms with van der Waals surface area (Å²) in [7, 11) is -1.12. The number of rotatable bonds is 7. The van der Waals surface area contributed by atoms with Crippen LogP contribution < -0.4 is 19.1 Å². The second-order valence-corrected chi connectivity index (χ2v) is 7.84. The van der Waals surface area contributed by atoms with Crippen LogP contribution in [0.15, 0.2) is 42.5 Å². The highest BCUT2D eigenvalue weighted by atomic mass is 32.2. The third-order valence-electron chi connectivity index (χ3n) is 3.85. The highest BCUT2D eigenvalue weighted by Crippen LogP contribution is 2.31. The second-order valence-electron chi connectivity index (χ2n) is 5.93. The highest BCUT2D eigenvalue weighted by Gasteiger charge is 2.31. The zero-order valence-corrected chi connectivity index (χ0v) is 16.6. The van der Waals surface area contributed by atoms with Gasteiger partial charge in [0.1, 0.15) is 18.0 Å². The molecule has 0 aliphatic carbocycles. The number of amides is 1. The smallest absolute Gasteiger partial charge is 0.416 e. The van der Waals surface area contributed by atoms with Crippen LogP contribution in [0.2, 0.25) is 0 Å². The lowest BCUT2D eigenvalue weighted by Crippen LogP contribution is -2.37. The molecule has 1 amide bonds. The minimum atomic E-state index is -4.56. The summed E-state index contributed by atoms with van der Waals surface area (Å²) in [6.45, 7) is -0.648. The van der Waals surface area contributed by atoms with Gasteiger partial charge in [0, 0.05) is 6.07 Å². The Bertz CT molecular complexity index is 976. The Balaban J connectivity index is 2.27. The predicted octanol–water partition coefficient (Wildman–Crippen LogP) is 3.13. The molecule has 0 spiro atoms. The summed E-state index contributed by atoms with van der Waals surface area (Å²) in [5, 5.41) is 2.51. The van der Waals surface area contributed by atoms with Crippen LogP contribution in [0.3, 0.4) is 0 Å². The Morgan fingerprint density at radius 2 is 1.69 bits per heavy atom. The number of hydrogen-bond donors (Lipinski definition) is 1. The third-order valence-corrected chi connectivity index (χ3v) is 4.99. The molecule has 0 aliphatic heterocycles. The van der Waals surface area contributed by atoms with E-state index in [4.69, 9.17) is 9.47 Å². The number of nitrogens with zero attached hydrogens (tertiary/aromatic N) is 1. The van der Waals surface area contributed by atoms with Gasteiger partial charge >= 0.3 is 6.18 Å². The summed E-state index contributed by atoms with van der Waals surface area (Å²) < 4.78 is 73.3. The maximum atomic E-state index is 12.7. The number of carbonyl (C=O) groups is 1. The van der Waals surface area contributed by atoms with Gasteiger partial charge in [-0.25, -0.2) is 8.42 Å². The van der Waals surface area contributed by atoms with Gasteiger partial charge in [0.15, 0.2) is 0 Å². The number of alkyl halides is 3. The van der Waals surface area contributed by atoms with E-state index in [1.54, 1.807) is 12.1 Å². The molecule has 29 heavy (non-hydrogen) atoms. The molecule has 0 saturated carbocycles. The fourth-order valence-electron chi connectivity index (χ4n) is 2.45. The monoisotopic (exact) mass is 432 g/mol. The van der Waals surface area contributed by atoms with Gasteiger partial charge in [-0.15, -0.1) is 0 Å². The minimum absolute atomic E-state index is 0.0757. The Morgan fingerprint density at radius 1 is 1.07 bits per heavy atom. The molecule has 158 valence electrons. The molecular weight excluding hydrogens is 413 g/mol. The number of benzene rings is 2. The largest absolute Gasteiger partial charge is 0.497 e. The van der Waals surface area contributed by atoms with E-state index < -0.39 is 34.2 Å². The minimum Gasteiger partial charge on any atom is -0.497 e. The maximum Gasteiger partial charge on any atom is 0.416 e. The molecule has 0 radical (unpaired) electrons. The maximum absolute atomic E-state index is 12.7. The number of carbonyl (C=O) groups excluding carboxylic acids is 1.